The molecular weight excluding hydrogens is 366 g/mol. The molecule has 0 spiro atoms. The number of hydrogen-bond acceptors (Lipinski definition) is 3. The number of carboxylic acid groups (broad SMARTS) is 1. The quantitative estimate of drug-likeness (QED) is 0.602. The van der Waals surface area contributed by atoms with Crippen molar-refractivity contribution in [3.8, 4) is 11.1 Å². The lowest BCUT2D eigenvalue weighted by Crippen LogP contribution is -2.12. The van der Waals surface area contributed by atoms with Gasteiger partial charge in [0.25, 0.3) is 0 Å². The van der Waals surface area contributed by atoms with Gasteiger partial charge in [-0.3, -0.25) is 4.79 Å². The van der Waals surface area contributed by atoms with Crippen molar-refractivity contribution in [2.75, 3.05) is 0 Å². The summed E-state index contributed by atoms with van der Waals surface area (Å²) in [5.74, 6) is -1.48. The second-order valence-electron chi connectivity index (χ2n) is 6.92. The lowest BCUT2D eigenvalue weighted by molar-refractivity contribution is -0.138. The predicted molar refractivity (Wildman–Crippen MR) is 107 cm³/mol. The fraction of sp³-hybridized carbons (Fsp3) is 0.333. The first-order valence-electron chi connectivity index (χ1n) is 8.91. The number of rotatable bonds is 3. The highest BCUT2D eigenvalue weighted by atomic mass is 35.5. The van der Waals surface area contributed by atoms with Gasteiger partial charge in [-0.15, -0.1) is 11.3 Å². The van der Waals surface area contributed by atoms with Gasteiger partial charge >= 0.3 is 5.97 Å². The number of aryl methyl sites for hydroxylation is 3. The Hall–Kier alpha value is -1.91. The summed E-state index contributed by atoms with van der Waals surface area (Å²) in [4.78, 5) is 19.0. The van der Waals surface area contributed by atoms with Crippen LogP contribution in [0.15, 0.2) is 24.3 Å². The highest BCUT2D eigenvalue weighted by Gasteiger charge is 2.28. The molecule has 134 valence electrons. The molecule has 1 aromatic carbocycles. The summed E-state index contributed by atoms with van der Waals surface area (Å²) in [5.41, 5.74) is 4.77. The zero-order valence-corrected chi connectivity index (χ0v) is 16.4. The van der Waals surface area contributed by atoms with Gasteiger partial charge in [0, 0.05) is 26.5 Å². The first-order chi connectivity index (χ1) is 12.5. The van der Waals surface area contributed by atoms with Gasteiger partial charge in [-0.05, 0) is 62.3 Å². The Morgan fingerprint density at radius 2 is 2.00 bits per heavy atom. The van der Waals surface area contributed by atoms with E-state index in [9.17, 15) is 9.90 Å². The average Bonchev–Trinajstić information content (AvgIpc) is 2.98. The summed E-state index contributed by atoms with van der Waals surface area (Å²) in [6.45, 7) is 3.64. The molecule has 0 bridgehead atoms. The Labute approximate surface area is 161 Å². The second kappa shape index (κ2) is 6.67. The summed E-state index contributed by atoms with van der Waals surface area (Å²) in [7, 11) is 0. The van der Waals surface area contributed by atoms with Crippen molar-refractivity contribution in [1.82, 2.24) is 4.98 Å². The molecule has 0 saturated heterocycles. The molecule has 1 unspecified atom stereocenters. The van der Waals surface area contributed by atoms with Crippen LogP contribution in [-0.4, -0.2) is 16.1 Å². The number of pyridine rings is 1. The number of hydrogen-bond donors (Lipinski definition) is 1. The zero-order valence-electron chi connectivity index (χ0n) is 14.8. The summed E-state index contributed by atoms with van der Waals surface area (Å²) < 4.78 is 0. The molecule has 1 N–H and O–H groups in total. The molecule has 26 heavy (non-hydrogen) atoms. The van der Waals surface area contributed by atoms with Crippen LogP contribution in [0.1, 0.15) is 47.4 Å². The highest BCUT2D eigenvalue weighted by Crippen LogP contribution is 2.46. The van der Waals surface area contributed by atoms with Gasteiger partial charge < -0.3 is 5.11 Å². The summed E-state index contributed by atoms with van der Waals surface area (Å²) in [5, 5.41) is 11.5. The van der Waals surface area contributed by atoms with Crippen LogP contribution >= 0.6 is 22.9 Å². The Morgan fingerprint density at radius 1 is 1.27 bits per heavy atom. The number of nitrogens with zero attached hydrogens (tertiary/aromatic N) is 1. The molecular formula is C21H20ClNO2S. The minimum atomic E-state index is -0.841. The van der Waals surface area contributed by atoms with Gasteiger partial charge in [0.15, 0.2) is 0 Å². The molecule has 0 fully saturated rings. The van der Waals surface area contributed by atoms with E-state index in [0.29, 0.717) is 5.02 Å². The molecule has 1 aliphatic rings. The molecule has 4 rings (SSSR count). The topological polar surface area (TPSA) is 50.2 Å². The van der Waals surface area contributed by atoms with Crippen molar-refractivity contribution in [3.05, 3.63) is 51.0 Å². The van der Waals surface area contributed by atoms with Crippen molar-refractivity contribution in [3.63, 3.8) is 0 Å². The van der Waals surface area contributed by atoms with Gasteiger partial charge in [0.2, 0.25) is 0 Å². The van der Waals surface area contributed by atoms with E-state index in [2.05, 4.69) is 0 Å². The summed E-state index contributed by atoms with van der Waals surface area (Å²) in [6, 6.07) is 7.71. The van der Waals surface area contributed by atoms with Gasteiger partial charge in [0.05, 0.1) is 5.92 Å². The molecule has 0 saturated carbocycles. The number of thiophene rings is 1. The third-order valence-electron chi connectivity index (χ3n) is 5.28. The number of aliphatic carboxylic acids is 1. The maximum Gasteiger partial charge on any atom is 0.310 e. The molecule has 0 amide bonds. The lowest BCUT2D eigenvalue weighted by Gasteiger charge is -2.20. The largest absolute Gasteiger partial charge is 0.481 e. The zero-order chi connectivity index (χ0) is 18.4. The van der Waals surface area contributed by atoms with E-state index in [-0.39, 0.29) is 0 Å². The van der Waals surface area contributed by atoms with Gasteiger partial charge in [0.1, 0.15) is 4.83 Å². The average molecular weight is 386 g/mol. The van der Waals surface area contributed by atoms with Crippen LogP contribution in [-0.2, 0) is 17.6 Å². The van der Waals surface area contributed by atoms with Crippen molar-refractivity contribution in [2.45, 2.75) is 45.4 Å². The van der Waals surface area contributed by atoms with Crippen LogP contribution < -0.4 is 0 Å². The Morgan fingerprint density at radius 3 is 2.73 bits per heavy atom. The van der Waals surface area contributed by atoms with E-state index >= 15 is 0 Å². The van der Waals surface area contributed by atoms with E-state index in [4.69, 9.17) is 16.6 Å². The summed E-state index contributed by atoms with van der Waals surface area (Å²) in [6.07, 6.45) is 4.48. The Kier molecular flexibility index (Phi) is 4.49. The fourth-order valence-electron chi connectivity index (χ4n) is 4.01. The van der Waals surface area contributed by atoms with Crippen LogP contribution in [0.5, 0.6) is 0 Å². The van der Waals surface area contributed by atoms with Crippen LogP contribution in [0.25, 0.3) is 21.3 Å². The predicted octanol–water partition coefficient (Wildman–Crippen LogP) is 5.99. The number of carboxylic acids is 1. The number of halogens is 1. The smallest absolute Gasteiger partial charge is 0.310 e. The molecule has 3 nitrogen and oxygen atoms in total. The first kappa shape index (κ1) is 17.5. The van der Waals surface area contributed by atoms with Gasteiger partial charge in [-0.25, -0.2) is 4.98 Å². The third-order valence-corrected chi connectivity index (χ3v) is 6.79. The monoisotopic (exact) mass is 385 g/mol. The number of aromatic nitrogens is 1. The second-order valence-corrected chi connectivity index (χ2v) is 8.41. The van der Waals surface area contributed by atoms with Crippen LogP contribution in [0, 0.1) is 6.92 Å². The number of carbonyl (C=O) groups is 1. The molecule has 2 aromatic heterocycles. The van der Waals surface area contributed by atoms with E-state index in [0.717, 1.165) is 45.4 Å². The normalized spacial score (nSPS) is 15.0. The summed E-state index contributed by atoms with van der Waals surface area (Å²) >= 11 is 8.31. The molecule has 2 heterocycles. The van der Waals surface area contributed by atoms with Crippen LogP contribution in [0.2, 0.25) is 5.02 Å². The molecule has 1 atom stereocenters. The van der Waals surface area contributed by atoms with Crippen LogP contribution in [0.3, 0.4) is 0 Å². The molecule has 1 aliphatic carbocycles. The maximum atomic E-state index is 11.8. The SMILES string of the molecule is Cc1nc2sc3c(c2c(-c2ccccc2Cl)c1C(C)C(=O)O)CCCC3. The van der Waals surface area contributed by atoms with Gasteiger partial charge in [-0.1, -0.05) is 29.8 Å². The van der Waals surface area contributed by atoms with Gasteiger partial charge in [-0.2, -0.15) is 0 Å². The minimum absolute atomic E-state index is 0.641. The molecule has 0 radical (unpaired) electrons. The standard InChI is InChI=1S/C21H20ClNO2S/c1-11(21(24)25)17-12(2)23-20-19(14-8-4-6-10-16(14)26-20)18(17)13-7-3-5-9-15(13)22/h3,5,7,9,11H,4,6,8,10H2,1-2H3,(H,24,25). The fourth-order valence-corrected chi connectivity index (χ4v) is 5.56. The van der Waals surface area contributed by atoms with Crippen molar-refractivity contribution < 1.29 is 9.90 Å². The molecule has 5 heteroatoms. The molecule has 0 aliphatic heterocycles. The van der Waals surface area contributed by atoms with E-state index in [1.54, 1.807) is 18.3 Å². The van der Waals surface area contributed by atoms with E-state index < -0.39 is 11.9 Å². The van der Waals surface area contributed by atoms with Crippen molar-refractivity contribution >= 4 is 39.1 Å². The minimum Gasteiger partial charge on any atom is -0.481 e. The van der Waals surface area contributed by atoms with E-state index in [1.165, 1.54) is 23.3 Å². The first-order valence-corrected chi connectivity index (χ1v) is 10.1. The van der Waals surface area contributed by atoms with Crippen molar-refractivity contribution in [1.29, 1.82) is 0 Å². The van der Waals surface area contributed by atoms with Crippen molar-refractivity contribution in [2.24, 2.45) is 0 Å². The van der Waals surface area contributed by atoms with E-state index in [1.807, 2.05) is 31.2 Å². The number of fused-ring (bicyclic) bond motifs is 3. The third kappa shape index (κ3) is 2.72. The van der Waals surface area contributed by atoms with Crippen LogP contribution in [0.4, 0.5) is 0 Å². The lowest BCUT2D eigenvalue weighted by atomic mass is 9.86. The maximum absolute atomic E-state index is 11.8. The number of benzene rings is 1. The Bertz CT molecular complexity index is 1020. The Balaban J connectivity index is 2.16. The molecule has 3 aromatic rings. The highest BCUT2D eigenvalue weighted by molar-refractivity contribution is 7.19.